The number of aryl methyl sites for hydroxylation is 1. The maximum Gasteiger partial charge on any atom is 0.261 e. The van der Waals surface area contributed by atoms with Gasteiger partial charge < -0.3 is 4.74 Å². The number of para-hydroxylation sites is 2. The minimum atomic E-state index is -3.88. The van der Waals surface area contributed by atoms with Crippen molar-refractivity contribution >= 4 is 31.4 Å². The van der Waals surface area contributed by atoms with Crippen LogP contribution in [0, 0.1) is 6.92 Å². The molecule has 4 aromatic carbocycles. The largest absolute Gasteiger partial charge is 0.457 e. The van der Waals surface area contributed by atoms with Gasteiger partial charge in [-0.3, -0.25) is 9.44 Å². The van der Waals surface area contributed by atoms with E-state index in [1.807, 2.05) is 24.3 Å². The third kappa shape index (κ3) is 5.56. The summed E-state index contributed by atoms with van der Waals surface area (Å²) in [6.45, 7) is 1.80. The van der Waals surface area contributed by atoms with Crippen molar-refractivity contribution in [2.75, 3.05) is 9.44 Å². The Balaban J connectivity index is 1.45. The highest BCUT2D eigenvalue weighted by Gasteiger charge is 2.17. The maximum atomic E-state index is 12.7. The highest BCUT2D eigenvalue weighted by Crippen LogP contribution is 2.25. The zero-order valence-corrected chi connectivity index (χ0v) is 19.8. The molecule has 7 nitrogen and oxygen atoms in total. The monoisotopic (exact) mass is 494 g/mol. The van der Waals surface area contributed by atoms with E-state index in [0.717, 1.165) is 5.56 Å². The van der Waals surface area contributed by atoms with Gasteiger partial charge in [0.2, 0.25) is 0 Å². The van der Waals surface area contributed by atoms with Crippen LogP contribution in [0.2, 0.25) is 0 Å². The van der Waals surface area contributed by atoms with Crippen molar-refractivity contribution in [2.45, 2.75) is 16.7 Å². The van der Waals surface area contributed by atoms with Gasteiger partial charge in [-0.15, -0.1) is 0 Å². The number of rotatable bonds is 8. The lowest BCUT2D eigenvalue weighted by Gasteiger charge is -2.12. The maximum absolute atomic E-state index is 12.7. The molecule has 0 fully saturated rings. The van der Waals surface area contributed by atoms with Crippen molar-refractivity contribution in [1.29, 1.82) is 0 Å². The van der Waals surface area contributed by atoms with Crippen LogP contribution in [0.4, 0.5) is 11.4 Å². The standard InChI is InChI=1S/C25H22N2O5S2/c1-19-7-5-6-10-25(19)27-34(30,31)23-15-11-20(12-16-23)26-33(28,29)24-17-13-22(14-18-24)32-21-8-3-2-4-9-21/h2-18,26-27H,1H3. The number of benzene rings is 4. The number of nitrogens with one attached hydrogen (secondary N) is 2. The zero-order valence-electron chi connectivity index (χ0n) is 18.2. The summed E-state index contributed by atoms with van der Waals surface area (Å²) in [6.07, 6.45) is 0. The summed E-state index contributed by atoms with van der Waals surface area (Å²) in [6, 6.07) is 27.7. The Bertz CT molecular complexity index is 1490. The predicted octanol–water partition coefficient (Wildman–Crippen LogP) is 5.39. The van der Waals surface area contributed by atoms with Crippen LogP contribution in [-0.2, 0) is 20.0 Å². The van der Waals surface area contributed by atoms with Gasteiger partial charge in [-0.25, -0.2) is 16.8 Å². The molecule has 4 rings (SSSR count). The molecule has 0 unspecified atom stereocenters. The lowest BCUT2D eigenvalue weighted by atomic mass is 10.2. The highest BCUT2D eigenvalue weighted by atomic mass is 32.2. The number of ether oxygens (including phenoxy) is 1. The number of hydrogen-bond acceptors (Lipinski definition) is 5. The van der Waals surface area contributed by atoms with Gasteiger partial charge in [-0.1, -0.05) is 36.4 Å². The molecule has 0 bridgehead atoms. The number of hydrogen-bond donors (Lipinski definition) is 2. The van der Waals surface area contributed by atoms with Gasteiger partial charge in [0.15, 0.2) is 0 Å². The molecule has 0 aliphatic carbocycles. The lowest BCUT2D eigenvalue weighted by Crippen LogP contribution is -2.15. The fourth-order valence-corrected chi connectivity index (χ4v) is 5.31. The molecule has 0 atom stereocenters. The first kappa shape index (κ1) is 23.3. The molecule has 0 saturated carbocycles. The van der Waals surface area contributed by atoms with E-state index in [0.29, 0.717) is 17.2 Å². The summed E-state index contributed by atoms with van der Waals surface area (Å²) in [7, 11) is -7.70. The molecular formula is C25H22N2O5S2. The fourth-order valence-electron chi connectivity index (χ4n) is 3.12. The van der Waals surface area contributed by atoms with Crippen LogP contribution in [0.5, 0.6) is 11.5 Å². The van der Waals surface area contributed by atoms with Crippen molar-refractivity contribution in [3.8, 4) is 11.5 Å². The second-order valence-electron chi connectivity index (χ2n) is 7.44. The Morgan fingerprint density at radius 2 is 1.06 bits per heavy atom. The summed E-state index contributed by atoms with van der Waals surface area (Å²) >= 11 is 0. The molecule has 34 heavy (non-hydrogen) atoms. The van der Waals surface area contributed by atoms with Crippen molar-refractivity contribution in [1.82, 2.24) is 0 Å². The first-order valence-corrected chi connectivity index (χ1v) is 13.2. The summed E-state index contributed by atoms with van der Waals surface area (Å²) in [5.74, 6) is 1.14. The molecule has 9 heteroatoms. The topological polar surface area (TPSA) is 102 Å². The van der Waals surface area contributed by atoms with Crippen LogP contribution in [0.15, 0.2) is 113 Å². The molecule has 174 valence electrons. The van der Waals surface area contributed by atoms with Gasteiger partial charge in [-0.2, -0.15) is 0 Å². The van der Waals surface area contributed by atoms with Crippen molar-refractivity contribution in [2.24, 2.45) is 0 Å². The summed E-state index contributed by atoms with van der Waals surface area (Å²) < 4.78 is 61.5. The Kier molecular flexibility index (Phi) is 6.58. The third-order valence-electron chi connectivity index (χ3n) is 4.92. The predicted molar refractivity (Wildman–Crippen MR) is 132 cm³/mol. The van der Waals surface area contributed by atoms with E-state index in [2.05, 4.69) is 9.44 Å². The molecule has 0 radical (unpaired) electrons. The normalized spacial score (nSPS) is 11.6. The molecule has 0 saturated heterocycles. The van der Waals surface area contributed by atoms with Gasteiger partial charge in [0.1, 0.15) is 11.5 Å². The average molecular weight is 495 g/mol. The van der Waals surface area contributed by atoms with Crippen molar-refractivity contribution in [3.05, 3.63) is 109 Å². The quantitative estimate of drug-likeness (QED) is 0.342. The van der Waals surface area contributed by atoms with Gasteiger partial charge in [0.25, 0.3) is 20.0 Å². The summed E-state index contributed by atoms with van der Waals surface area (Å²) in [5, 5.41) is 0. The van der Waals surface area contributed by atoms with E-state index in [1.165, 1.54) is 36.4 Å². The molecule has 2 N–H and O–H groups in total. The SMILES string of the molecule is Cc1ccccc1NS(=O)(=O)c1ccc(NS(=O)(=O)c2ccc(Oc3ccccc3)cc2)cc1. The average Bonchev–Trinajstić information content (AvgIpc) is 2.82. The van der Waals surface area contributed by atoms with Crippen LogP contribution < -0.4 is 14.2 Å². The second-order valence-corrected chi connectivity index (χ2v) is 10.8. The minimum Gasteiger partial charge on any atom is -0.457 e. The lowest BCUT2D eigenvalue weighted by molar-refractivity contribution is 0.482. The van der Waals surface area contributed by atoms with Crippen LogP contribution in [-0.4, -0.2) is 16.8 Å². The molecule has 0 heterocycles. The molecule has 4 aromatic rings. The van der Waals surface area contributed by atoms with Gasteiger partial charge in [0, 0.05) is 5.69 Å². The Morgan fingerprint density at radius 3 is 1.68 bits per heavy atom. The molecule has 0 aliphatic heterocycles. The Morgan fingerprint density at radius 1 is 0.559 bits per heavy atom. The van der Waals surface area contributed by atoms with Gasteiger partial charge >= 0.3 is 0 Å². The Hall–Kier alpha value is -3.82. The summed E-state index contributed by atoms with van der Waals surface area (Å²) in [4.78, 5) is 0.0620. The molecular weight excluding hydrogens is 472 g/mol. The first-order valence-electron chi connectivity index (χ1n) is 10.3. The summed E-state index contributed by atoms with van der Waals surface area (Å²) in [5.41, 5.74) is 1.50. The fraction of sp³-hybridized carbons (Fsp3) is 0.0400. The third-order valence-corrected chi connectivity index (χ3v) is 7.70. The van der Waals surface area contributed by atoms with Gasteiger partial charge in [0.05, 0.1) is 15.5 Å². The van der Waals surface area contributed by atoms with Crippen LogP contribution in [0.1, 0.15) is 5.56 Å². The molecule has 0 aromatic heterocycles. The second kappa shape index (κ2) is 9.58. The zero-order chi connectivity index (χ0) is 24.2. The van der Waals surface area contributed by atoms with Crippen molar-refractivity contribution < 1.29 is 21.6 Å². The molecule has 0 aliphatic rings. The van der Waals surface area contributed by atoms with E-state index >= 15 is 0 Å². The van der Waals surface area contributed by atoms with Gasteiger partial charge in [-0.05, 0) is 79.2 Å². The van der Waals surface area contributed by atoms with Crippen molar-refractivity contribution in [3.63, 3.8) is 0 Å². The van der Waals surface area contributed by atoms with E-state index in [9.17, 15) is 16.8 Å². The number of anilines is 2. The Labute approximate surface area is 199 Å². The minimum absolute atomic E-state index is 0.0149. The number of sulfonamides is 2. The van der Waals surface area contributed by atoms with Crippen LogP contribution in [0.25, 0.3) is 0 Å². The smallest absolute Gasteiger partial charge is 0.261 e. The van der Waals surface area contributed by atoms with Crippen LogP contribution >= 0.6 is 0 Å². The van der Waals surface area contributed by atoms with E-state index < -0.39 is 20.0 Å². The highest BCUT2D eigenvalue weighted by molar-refractivity contribution is 7.93. The van der Waals surface area contributed by atoms with E-state index in [-0.39, 0.29) is 15.5 Å². The van der Waals surface area contributed by atoms with E-state index in [1.54, 1.807) is 49.4 Å². The van der Waals surface area contributed by atoms with E-state index in [4.69, 9.17) is 4.74 Å². The molecule has 0 amide bonds. The first-order chi connectivity index (χ1) is 16.2. The van der Waals surface area contributed by atoms with Crippen LogP contribution in [0.3, 0.4) is 0 Å². The molecule has 0 spiro atoms.